The highest BCUT2D eigenvalue weighted by Gasteiger charge is 2.35. The number of carbonyl (C=O) groups excluding carboxylic acids is 2. The van der Waals surface area contributed by atoms with E-state index in [1.807, 2.05) is 6.92 Å². The van der Waals surface area contributed by atoms with Gasteiger partial charge in [0.2, 0.25) is 0 Å². The number of hydrogen-bond acceptors (Lipinski definition) is 5. The summed E-state index contributed by atoms with van der Waals surface area (Å²) in [5.74, 6) is 0.562. The summed E-state index contributed by atoms with van der Waals surface area (Å²) in [6.45, 7) is 4.16. The van der Waals surface area contributed by atoms with E-state index in [-0.39, 0.29) is 31.0 Å². The summed E-state index contributed by atoms with van der Waals surface area (Å²) in [4.78, 5) is 23.2. The van der Waals surface area contributed by atoms with Gasteiger partial charge in [-0.05, 0) is 25.7 Å². The Balaban J connectivity index is 0.000000885. The number of ketones is 1. The van der Waals surface area contributed by atoms with E-state index in [1.54, 1.807) is 0 Å². The van der Waals surface area contributed by atoms with Crippen molar-refractivity contribution in [3.05, 3.63) is 0 Å². The van der Waals surface area contributed by atoms with E-state index in [9.17, 15) is 9.59 Å². The molecule has 5 heteroatoms. The lowest BCUT2D eigenvalue weighted by atomic mass is 9.88. The second kappa shape index (κ2) is 12.8. The number of rotatable bonds is 8. The maximum atomic E-state index is 11.8. The first-order valence-electron chi connectivity index (χ1n) is 8.00. The van der Waals surface area contributed by atoms with Crippen LogP contribution in [0.3, 0.4) is 0 Å². The third-order valence-electron chi connectivity index (χ3n) is 3.70. The summed E-state index contributed by atoms with van der Waals surface area (Å²) in [6, 6.07) is 0. The van der Waals surface area contributed by atoms with Gasteiger partial charge in [-0.1, -0.05) is 26.2 Å². The summed E-state index contributed by atoms with van der Waals surface area (Å²) >= 11 is 0. The quantitative estimate of drug-likeness (QED) is 0.530. The molecular weight excluding hydrogens is 272 g/mol. The van der Waals surface area contributed by atoms with E-state index in [0.717, 1.165) is 19.3 Å². The molecule has 1 saturated carbocycles. The van der Waals surface area contributed by atoms with Crippen molar-refractivity contribution in [2.24, 2.45) is 11.8 Å². The van der Waals surface area contributed by atoms with Gasteiger partial charge >= 0.3 is 5.97 Å². The molecule has 1 rings (SSSR count). The Hall–Kier alpha value is -0.940. The van der Waals surface area contributed by atoms with Crippen LogP contribution < -0.4 is 0 Å². The molecule has 0 bridgehead atoms. The number of ether oxygens (including phenoxy) is 1. The smallest absolute Gasteiger partial charge is 0.306 e. The van der Waals surface area contributed by atoms with Crippen LogP contribution in [0, 0.1) is 11.8 Å². The Kier molecular flexibility index (Phi) is 12.2. The van der Waals surface area contributed by atoms with Gasteiger partial charge in [-0.3, -0.25) is 9.59 Å². The Morgan fingerprint density at radius 2 is 1.90 bits per heavy atom. The Morgan fingerprint density at radius 3 is 2.43 bits per heavy atom. The zero-order valence-electron chi connectivity index (χ0n) is 13.3. The Morgan fingerprint density at radius 1 is 1.24 bits per heavy atom. The van der Waals surface area contributed by atoms with Gasteiger partial charge < -0.3 is 14.9 Å². The van der Waals surface area contributed by atoms with Gasteiger partial charge in [-0.15, -0.1) is 0 Å². The van der Waals surface area contributed by atoms with Crippen molar-refractivity contribution in [1.82, 2.24) is 0 Å². The SMILES string of the molecule is CCCCC[C@@H]1C(=O)CC[C@H]1CC(=O)OCC.OCCO. The molecule has 21 heavy (non-hydrogen) atoms. The maximum absolute atomic E-state index is 11.8. The number of unbranched alkanes of at least 4 members (excludes halogenated alkanes) is 2. The molecule has 0 amide bonds. The Labute approximate surface area is 127 Å². The van der Waals surface area contributed by atoms with Gasteiger partial charge in [-0.25, -0.2) is 0 Å². The number of aliphatic hydroxyl groups excluding tert-OH is 2. The van der Waals surface area contributed by atoms with Crippen LogP contribution in [0.2, 0.25) is 0 Å². The topological polar surface area (TPSA) is 83.8 Å². The molecule has 0 unspecified atom stereocenters. The number of esters is 1. The van der Waals surface area contributed by atoms with Gasteiger partial charge in [0.1, 0.15) is 5.78 Å². The van der Waals surface area contributed by atoms with Gasteiger partial charge in [0.25, 0.3) is 0 Å². The normalized spacial score (nSPS) is 20.9. The van der Waals surface area contributed by atoms with Crippen LogP contribution >= 0.6 is 0 Å². The fourth-order valence-electron chi connectivity index (χ4n) is 2.67. The van der Waals surface area contributed by atoms with Crippen LogP contribution in [-0.2, 0) is 14.3 Å². The number of Topliss-reactive ketones (excluding diaryl/α,β-unsaturated/α-hetero) is 1. The summed E-state index contributed by atoms with van der Waals surface area (Å²) in [5.41, 5.74) is 0. The van der Waals surface area contributed by atoms with Crippen LogP contribution in [0.1, 0.15) is 58.8 Å². The summed E-state index contributed by atoms with van der Waals surface area (Å²) in [7, 11) is 0. The van der Waals surface area contributed by atoms with Crippen LogP contribution in [0.15, 0.2) is 0 Å². The standard InChI is InChI=1S/C14H24O3.C2H6O2/c1-3-5-6-7-12-11(8-9-13(12)15)10-14(16)17-4-2;3-1-2-4/h11-12H,3-10H2,1-2H3;3-4H,1-2H2/t11-,12-;/m0./s1. The lowest BCUT2D eigenvalue weighted by molar-refractivity contribution is -0.144. The first-order chi connectivity index (χ1) is 10.1. The first kappa shape index (κ1) is 20.1. The first-order valence-corrected chi connectivity index (χ1v) is 8.00. The predicted molar refractivity (Wildman–Crippen MR) is 80.8 cm³/mol. The van der Waals surface area contributed by atoms with Crippen molar-refractivity contribution in [2.75, 3.05) is 19.8 Å². The van der Waals surface area contributed by atoms with Crippen molar-refractivity contribution >= 4 is 11.8 Å². The highest BCUT2D eigenvalue weighted by molar-refractivity contribution is 5.84. The van der Waals surface area contributed by atoms with Crippen molar-refractivity contribution in [3.63, 3.8) is 0 Å². The number of hydrogen-bond donors (Lipinski definition) is 2. The molecule has 1 fully saturated rings. The molecule has 0 aliphatic heterocycles. The molecule has 1 aliphatic rings. The third-order valence-corrected chi connectivity index (χ3v) is 3.70. The molecule has 1 aliphatic carbocycles. The minimum atomic E-state index is -0.146. The molecule has 5 nitrogen and oxygen atoms in total. The van der Waals surface area contributed by atoms with Gasteiger partial charge in [0, 0.05) is 18.8 Å². The number of aliphatic hydroxyl groups is 2. The number of carbonyl (C=O) groups is 2. The van der Waals surface area contributed by atoms with Gasteiger partial charge in [-0.2, -0.15) is 0 Å². The molecule has 0 spiro atoms. The predicted octanol–water partition coefficient (Wildman–Crippen LogP) is 2.09. The van der Waals surface area contributed by atoms with E-state index >= 15 is 0 Å². The van der Waals surface area contributed by atoms with Crippen LogP contribution in [0.5, 0.6) is 0 Å². The lowest BCUT2D eigenvalue weighted by Gasteiger charge is -2.17. The van der Waals surface area contributed by atoms with E-state index in [4.69, 9.17) is 14.9 Å². The highest BCUT2D eigenvalue weighted by Crippen LogP contribution is 2.35. The lowest BCUT2D eigenvalue weighted by Crippen LogP contribution is -2.19. The molecule has 0 aromatic heterocycles. The highest BCUT2D eigenvalue weighted by atomic mass is 16.5. The summed E-state index contributed by atoms with van der Waals surface area (Å²) in [5, 5.41) is 15.2. The van der Waals surface area contributed by atoms with E-state index in [1.165, 1.54) is 12.8 Å². The molecule has 0 saturated heterocycles. The third kappa shape index (κ3) is 8.83. The van der Waals surface area contributed by atoms with Gasteiger partial charge in [0.05, 0.1) is 19.8 Å². The van der Waals surface area contributed by atoms with Crippen molar-refractivity contribution in [2.45, 2.75) is 58.8 Å². The van der Waals surface area contributed by atoms with E-state index < -0.39 is 0 Å². The van der Waals surface area contributed by atoms with Gasteiger partial charge in [0.15, 0.2) is 0 Å². The van der Waals surface area contributed by atoms with Crippen LogP contribution in [0.25, 0.3) is 0 Å². The summed E-state index contributed by atoms with van der Waals surface area (Å²) < 4.78 is 4.96. The summed E-state index contributed by atoms with van der Waals surface area (Å²) in [6.07, 6.45) is 6.36. The zero-order chi connectivity index (χ0) is 16.1. The second-order valence-corrected chi connectivity index (χ2v) is 5.32. The van der Waals surface area contributed by atoms with E-state index in [2.05, 4.69) is 6.92 Å². The molecular formula is C16H30O5. The largest absolute Gasteiger partial charge is 0.466 e. The minimum absolute atomic E-state index is 0.117. The van der Waals surface area contributed by atoms with E-state index in [0.29, 0.717) is 25.2 Å². The Bertz CT molecular complexity index is 288. The fourth-order valence-corrected chi connectivity index (χ4v) is 2.67. The molecule has 124 valence electrons. The van der Waals surface area contributed by atoms with Crippen molar-refractivity contribution < 1.29 is 24.5 Å². The monoisotopic (exact) mass is 302 g/mol. The fraction of sp³-hybridized carbons (Fsp3) is 0.875. The maximum Gasteiger partial charge on any atom is 0.306 e. The van der Waals surface area contributed by atoms with Crippen LogP contribution in [0.4, 0.5) is 0 Å². The van der Waals surface area contributed by atoms with Crippen molar-refractivity contribution in [3.8, 4) is 0 Å². The zero-order valence-corrected chi connectivity index (χ0v) is 13.3. The van der Waals surface area contributed by atoms with Crippen molar-refractivity contribution in [1.29, 1.82) is 0 Å². The molecule has 0 heterocycles. The average Bonchev–Trinajstić information content (AvgIpc) is 2.81. The second-order valence-electron chi connectivity index (χ2n) is 5.32. The average molecular weight is 302 g/mol. The molecule has 2 N–H and O–H groups in total. The molecule has 2 atom stereocenters. The molecule has 0 aromatic carbocycles. The minimum Gasteiger partial charge on any atom is -0.466 e. The van der Waals surface area contributed by atoms with Crippen LogP contribution in [-0.4, -0.2) is 41.8 Å². The molecule has 0 radical (unpaired) electrons. The molecule has 0 aromatic rings.